The second kappa shape index (κ2) is 6.17. The summed E-state index contributed by atoms with van der Waals surface area (Å²) in [6.07, 6.45) is 0.596. The van der Waals surface area contributed by atoms with Crippen LogP contribution < -0.4 is 0 Å². The zero-order valence-electron chi connectivity index (χ0n) is 11.2. The predicted molar refractivity (Wildman–Crippen MR) is 90.7 cm³/mol. The number of rotatable bonds is 3. The summed E-state index contributed by atoms with van der Waals surface area (Å²) < 4.78 is 13.8. The lowest BCUT2D eigenvalue weighted by Crippen LogP contribution is -1.99. The van der Waals surface area contributed by atoms with Gasteiger partial charge in [-0.25, -0.2) is 4.39 Å². The standard InChI is InChI=1S/C18H13BrClF/c19-16(11-12-5-1-4-8-18(12)21)14-9-10-17(20)15-7-3-2-6-13(14)15/h1-10,16H,11H2. The van der Waals surface area contributed by atoms with Gasteiger partial charge in [0.1, 0.15) is 5.82 Å². The van der Waals surface area contributed by atoms with Crippen LogP contribution in [0, 0.1) is 5.82 Å². The molecule has 0 saturated carbocycles. The second-order valence-electron chi connectivity index (χ2n) is 4.95. The van der Waals surface area contributed by atoms with Crippen molar-refractivity contribution < 1.29 is 4.39 Å². The van der Waals surface area contributed by atoms with E-state index in [0.717, 1.165) is 21.4 Å². The first-order valence-corrected chi connectivity index (χ1v) is 8.01. The maximum absolute atomic E-state index is 13.8. The van der Waals surface area contributed by atoms with Gasteiger partial charge in [-0.05, 0) is 35.1 Å². The maximum Gasteiger partial charge on any atom is 0.126 e. The molecule has 1 unspecified atom stereocenters. The van der Waals surface area contributed by atoms with Gasteiger partial charge in [-0.2, -0.15) is 0 Å². The Balaban J connectivity index is 2.01. The number of fused-ring (bicyclic) bond motifs is 1. The number of halogens is 3. The Morgan fingerprint density at radius 3 is 2.33 bits per heavy atom. The summed E-state index contributed by atoms with van der Waals surface area (Å²) in [6.45, 7) is 0. The molecule has 106 valence electrons. The van der Waals surface area contributed by atoms with Crippen LogP contribution in [0.2, 0.25) is 5.02 Å². The van der Waals surface area contributed by atoms with Crippen molar-refractivity contribution >= 4 is 38.3 Å². The van der Waals surface area contributed by atoms with Crippen molar-refractivity contribution in [2.75, 3.05) is 0 Å². The Bertz CT molecular complexity index is 785. The molecule has 0 fully saturated rings. The predicted octanol–water partition coefficient (Wildman–Crippen LogP) is 6.31. The molecule has 0 N–H and O–H groups in total. The third-order valence-electron chi connectivity index (χ3n) is 3.60. The van der Waals surface area contributed by atoms with Crippen LogP contribution >= 0.6 is 27.5 Å². The van der Waals surface area contributed by atoms with Gasteiger partial charge in [0.15, 0.2) is 0 Å². The van der Waals surface area contributed by atoms with Crippen molar-refractivity contribution in [3.8, 4) is 0 Å². The number of benzene rings is 3. The molecule has 0 amide bonds. The highest BCUT2D eigenvalue weighted by Gasteiger charge is 2.14. The molecule has 0 aromatic heterocycles. The molecule has 3 aromatic rings. The third-order valence-corrected chi connectivity index (χ3v) is 4.75. The van der Waals surface area contributed by atoms with Crippen LogP contribution in [-0.4, -0.2) is 0 Å². The summed E-state index contributed by atoms with van der Waals surface area (Å²) in [4.78, 5) is 0.0385. The second-order valence-corrected chi connectivity index (χ2v) is 6.46. The summed E-state index contributed by atoms with van der Waals surface area (Å²) in [5, 5.41) is 2.86. The Labute approximate surface area is 136 Å². The van der Waals surface area contributed by atoms with Gasteiger partial charge in [0, 0.05) is 15.2 Å². The van der Waals surface area contributed by atoms with Gasteiger partial charge in [0.05, 0.1) is 0 Å². The fourth-order valence-electron chi connectivity index (χ4n) is 2.53. The normalized spacial score (nSPS) is 12.5. The van der Waals surface area contributed by atoms with Crippen molar-refractivity contribution in [2.24, 2.45) is 0 Å². The number of hydrogen-bond acceptors (Lipinski definition) is 0. The van der Waals surface area contributed by atoms with Gasteiger partial charge >= 0.3 is 0 Å². The van der Waals surface area contributed by atoms with Crippen LogP contribution in [0.4, 0.5) is 4.39 Å². The largest absolute Gasteiger partial charge is 0.207 e. The molecule has 3 heteroatoms. The van der Waals surface area contributed by atoms with Gasteiger partial charge in [-0.3, -0.25) is 0 Å². The van der Waals surface area contributed by atoms with Crippen LogP contribution in [-0.2, 0) is 6.42 Å². The molecule has 1 atom stereocenters. The first-order chi connectivity index (χ1) is 10.2. The molecule has 0 saturated heterocycles. The monoisotopic (exact) mass is 362 g/mol. The van der Waals surface area contributed by atoms with Crippen molar-refractivity contribution in [2.45, 2.75) is 11.2 Å². The zero-order valence-corrected chi connectivity index (χ0v) is 13.5. The Hall–Kier alpha value is -1.38. The lowest BCUT2D eigenvalue weighted by molar-refractivity contribution is 0.608. The lowest BCUT2D eigenvalue weighted by Gasteiger charge is -2.14. The highest BCUT2D eigenvalue weighted by molar-refractivity contribution is 9.09. The first-order valence-electron chi connectivity index (χ1n) is 6.71. The van der Waals surface area contributed by atoms with E-state index in [-0.39, 0.29) is 10.6 Å². The molecule has 0 nitrogen and oxygen atoms in total. The van der Waals surface area contributed by atoms with Crippen molar-refractivity contribution in [1.29, 1.82) is 0 Å². The number of hydrogen-bond donors (Lipinski definition) is 0. The molecule has 0 aliphatic heterocycles. The fourth-order valence-corrected chi connectivity index (χ4v) is 3.50. The molecule has 0 radical (unpaired) electrons. The zero-order chi connectivity index (χ0) is 14.8. The molecule has 3 aromatic carbocycles. The van der Waals surface area contributed by atoms with Gasteiger partial charge in [0.2, 0.25) is 0 Å². The van der Waals surface area contributed by atoms with E-state index in [1.165, 1.54) is 6.07 Å². The Kier molecular flexibility index (Phi) is 4.27. The minimum absolute atomic E-state index is 0.0385. The van der Waals surface area contributed by atoms with E-state index in [1.54, 1.807) is 6.07 Å². The number of alkyl halides is 1. The quantitative estimate of drug-likeness (QED) is 0.478. The van der Waals surface area contributed by atoms with Crippen LogP contribution in [0.25, 0.3) is 10.8 Å². The molecule has 21 heavy (non-hydrogen) atoms. The van der Waals surface area contributed by atoms with Crippen LogP contribution in [0.1, 0.15) is 16.0 Å². The Morgan fingerprint density at radius 1 is 0.905 bits per heavy atom. The van der Waals surface area contributed by atoms with Crippen LogP contribution in [0.5, 0.6) is 0 Å². The highest BCUT2D eigenvalue weighted by Crippen LogP contribution is 2.35. The lowest BCUT2D eigenvalue weighted by atomic mass is 9.98. The van der Waals surface area contributed by atoms with Gasteiger partial charge in [-0.1, -0.05) is 76.1 Å². The van der Waals surface area contributed by atoms with E-state index in [2.05, 4.69) is 15.9 Å². The molecular weight excluding hydrogens is 351 g/mol. The molecule has 0 aliphatic carbocycles. The van der Waals surface area contributed by atoms with E-state index < -0.39 is 0 Å². The summed E-state index contributed by atoms with van der Waals surface area (Å²) in [7, 11) is 0. The summed E-state index contributed by atoms with van der Waals surface area (Å²) >= 11 is 9.94. The van der Waals surface area contributed by atoms with Gasteiger partial charge in [0.25, 0.3) is 0 Å². The van der Waals surface area contributed by atoms with Crippen molar-refractivity contribution in [1.82, 2.24) is 0 Å². The molecule has 3 rings (SSSR count). The van der Waals surface area contributed by atoms with Crippen molar-refractivity contribution in [3.63, 3.8) is 0 Å². The Morgan fingerprint density at radius 2 is 1.57 bits per heavy atom. The third kappa shape index (κ3) is 2.97. The average molecular weight is 364 g/mol. The summed E-state index contributed by atoms with van der Waals surface area (Å²) in [5.41, 5.74) is 1.83. The SMILES string of the molecule is Fc1ccccc1CC(Br)c1ccc(Cl)c2ccccc12. The van der Waals surface area contributed by atoms with Gasteiger partial charge in [-0.15, -0.1) is 0 Å². The van der Waals surface area contributed by atoms with E-state index in [9.17, 15) is 4.39 Å². The maximum atomic E-state index is 13.8. The fraction of sp³-hybridized carbons (Fsp3) is 0.111. The molecule has 0 aliphatic rings. The highest BCUT2D eigenvalue weighted by atomic mass is 79.9. The smallest absolute Gasteiger partial charge is 0.126 e. The van der Waals surface area contributed by atoms with Gasteiger partial charge < -0.3 is 0 Å². The van der Waals surface area contributed by atoms with E-state index in [0.29, 0.717) is 12.0 Å². The molecular formula is C18H13BrClF. The van der Waals surface area contributed by atoms with Crippen LogP contribution in [0.3, 0.4) is 0 Å². The minimum Gasteiger partial charge on any atom is -0.207 e. The average Bonchev–Trinajstić information content (AvgIpc) is 2.50. The topological polar surface area (TPSA) is 0 Å². The minimum atomic E-state index is -0.166. The van der Waals surface area contributed by atoms with E-state index in [4.69, 9.17) is 11.6 Å². The summed E-state index contributed by atoms with van der Waals surface area (Å²) in [5.74, 6) is -0.166. The molecule has 0 bridgehead atoms. The van der Waals surface area contributed by atoms with E-state index >= 15 is 0 Å². The van der Waals surface area contributed by atoms with Crippen LogP contribution in [0.15, 0.2) is 60.7 Å². The summed E-state index contributed by atoms with van der Waals surface area (Å²) in [6, 6.07) is 18.8. The van der Waals surface area contributed by atoms with Crippen molar-refractivity contribution in [3.05, 3.63) is 82.6 Å². The molecule has 0 heterocycles. The first kappa shape index (κ1) is 14.6. The molecule has 0 spiro atoms. The van der Waals surface area contributed by atoms with E-state index in [1.807, 2.05) is 48.5 Å².